The molecule has 8 rings (SSSR count). The van der Waals surface area contributed by atoms with Gasteiger partial charge in [-0.2, -0.15) is 0 Å². The molecular formula is C35H24O. The van der Waals surface area contributed by atoms with E-state index in [1.54, 1.807) is 0 Å². The van der Waals surface area contributed by atoms with Crippen molar-refractivity contribution in [1.82, 2.24) is 0 Å². The summed E-state index contributed by atoms with van der Waals surface area (Å²) >= 11 is 0. The van der Waals surface area contributed by atoms with Crippen molar-refractivity contribution in [3.05, 3.63) is 120 Å². The number of hydrogen-bond acceptors (Lipinski definition) is 1. The van der Waals surface area contributed by atoms with Gasteiger partial charge in [0, 0.05) is 0 Å². The van der Waals surface area contributed by atoms with E-state index in [4.69, 9.17) is 0 Å². The third-order valence-electron chi connectivity index (χ3n) is 8.23. The molecule has 1 N–H and O–H groups in total. The molecule has 1 heteroatoms. The number of rotatable bonds is 4. The van der Waals surface area contributed by atoms with E-state index in [9.17, 15) is 5.11 Å². The van der Waals surface area contributed by atoms with Gasteiger partial charge in [0.25, 0.3) is 0 Å². The quantitative estimate of drug-likeness (QED) is 0.260. The Kier molecular flexibility index (Phi) is 4.12. The number of aliphatic hydroxyl groups is 1. The van der Waals surface area contributed by atoms with E-state index in [1.165, 1.54) is 70.2 Å². The molecule has 36 heavy (non-hydrogen) atoms. The maximum absolute atomic E-state index is 11.5. The van der Waals surface area contributed by atoms with Crippen LogP contribution in [0.25, 0.3) is 64.6 Å². The zero-order valence-electron chi connectivity index (χ0n) is 19.8. The lowest BCUT2D eigenvalue weighted by atomic mass is 9.88. The first-order valence-corrected chi connectivity index (χ1v) is 12.8. The van der Waals surface area contributed by atoms with Gasteiger partial charge in [-0.05, 0) is 88.6 Å². The van der Waals surface area contributed by atoms with Gasteiger partial charge >= 0.3 is 0 Å². The molecule has 1 unspecified atom stereocenters. The number of aliphatic hydroxyl groups excluding tert-OH is 1. The normalized spacial score (nSPS) is 13.2. The van der Waals surface area contributed by atoms with Crippen LogP contribution in [0.15, 0.2) is 109 Å². The third kappa shape index (κ3) is 2.75. The molecular weight excluding hydrogens is 436 g/mol. The lowest BCUT2D eigenvalue weighted by molar-refractivity contribution is 0.169. The van der Waals surface area contributed by atoms with Gasteiger partial charge in [-0.25, -0.2) is 0 Å². The monoisotopic (exact) mass is 460 g/mol. The lowest BCUT2D eigenvalue weighted by Gasteiger charge is -2.18. The van der Waals surface area contributed by atoms with Crippen LogP contribution in [0.1, 0.15) is 23.7 Å². The predicted octanol–water partition coefficient (Wildman–Crippen LogP) is 9.15. The molecule has 0 spiro atoms. The van der Waals surface area contributed by atoms with Crippen LogP contribution in [0.5, 0.6) is 0 Å². The SMILES string of the molecule is OC(CCc1ccc2ccc3cccc4ccc1c2c34)c1ccc2ccc3cccc4ccc1c2c34. The summed E-state index contributed by atoms with van der Waals surface area (Å²) in [5, 5.41) is 26.8. The summed E-state index contributed by atoms with van der Waals surface area (Å²) in [6.45, 7) is 0. The molecule has 1 atom stereocenters. The first-order valence-electron chi connectivity index (χ1n) is 12.8. The van der Waals surface area contributed by atoms with Crippen molar-refractivity contribution in [2.24, 2.45) is 0 Å². The van der Waals surface area contributed by atoms with Crippen molar-refractivity contribution < 1.29 is 5.11 Å². The van der Waals surface area contributed by atoms with Gasteiger partial charge < -0.3 is 5.11 Å². The fraction of sp³-hybridized carbons (Fsp3) is 0.0857. The van der Waals surface area contributed by atoms with Gasteiger partial charge in [0.05, 0.1) is 6.10 Å². The van der Waals surface area contributed by atoms with Crippen molar-refractivity contribution in [2.45, 2.75) is 18.9 Å². The van der Waals surface area contributed by atoms with Crippen LogP contribution in [0.2, 0.25) is 0 Å². The van der Waals surface area contributed by atoms with Gasteiger partial charge in [0.15, 0.2) is 0 Å². The molecule has 0 saturated carbocycles. The Balaban J connectivity index is 1.21. The van der Waals surface area contributed by atoms with E-state index >= 15 is 0 Å². The highest BCUT2D eigenvalue weighted by molar-refractivity contribution is 6.24. The van der Waals surface area contributed by atoms with E-state index < -0.39 is 6.10 Å². The molecule has 0 radical (unpaired) electrons. The molecule has 0 aromatic heterocycles. The minimum absolute atomic E-state index is 0.520. The highest BCUT2D eigenvalue weighted by Gasteiger charge is 2.17. The molecule has 0 aliphatic heterocycles. The second kappa shape index (κ2) is 7.40. The van der Waals surface area contributed by atoms with Gasteiger partial charge in [-0.15, -0.1) is 0 Å². The highest BCUT2D eigenvalue weighted by Crippen LogP contribution is 2.39. The molecule has 8 aromatic carbocycles. The summed E-state index contributed by atoms with van der Waals surface area (Å²) < 4.78 is 0. The van der Waals surface area contributed by atoms with Crippen LogP contribution in [-0.4, -0.2) is 5.11 Å². The van der Waals surface area contributed by atoms with Gasteiger partial charge in [0.1, 0.15) is 0 Å². The van der Waals surface area contributed by atoms with E-state index in [-0.39, 0.29) is 0 Å². The maximum Gasteiger partial charge on any atom is 0.0799 e. The fourth-order valence-electron chi connectivity index (χ4n) is 6.51. The van der Waals surface area contributed by atoms with E-state index in [1.807, 2.05) is 0 Å². The number of hydrogen-bond donors (Lipinski definition) is 1. The van der Waals surface area contributed by atoms with Gasteiger partial charge in [-0.3, -0.25) is 0 Å². The van der Waals surface area contributed by atoms with Crippen molar-refractivity contribution in [3.63, 3.8) is 0 Å². The summed E-state index contributed by atoms with van der Waals surface area (Å²) in [7, 11) is 0. The second-order valence-electron chi connectivity index (χ2n) is 10.1. The van der Waals surface area contributed by atoms with E-state index in [2.05, 4.69) is 109 Å². The summed E-state index contributed by atoms with van der Waals surface area (Å²) in [6, 6.07) is 39.5. The van der Waals surface area contributed by atoms with Crippen molar-refractivity contribution in [1.29, 1.82) is 0 Å². The zero-order chi connectivity index (χ0) is 23.8. The van der Waals surface area contributed by atoms with Crippen LogP contribution in [0.4, 0.5) is 0 Å². The van der Waals surface area contributed by atoms with Gasteiger partial charge in [0.2, 0.25) is 0 Å². The van der Waals surface area contributed by atoms with Gasteiger partial charge in [-0.1, -0.05) is 109 Å². The molecule has 0 saturated heterocycles. The fourth-order valence-corrected chi connectivity index (χ4v) is 6.51. The number of benzene rings is 8. The summed E-state index contributed by atoms with van der Waals surface area (Å²) in [6.07, 6.45) is 0.999. The lowest BCUT2D eigenvalue weighted by Crippen LogP contribution is -2.02. The Bertz CT molecular complexity index is 2030. The minimum atomic E-state index is -0.520. The van der Waals surface area contributed by atoms with Crippen LogP contribution in [0.3, 0.4) is 0 Å². The summed E-state index contributed by atoms with van der Waals surface area (Å²) in [5.41, 5.74) is 2.33. The topological polar surface area (TPSA) is 20.2 Å². The molecule has 0 bridgehead atoms. The maximum atomic E-state index is 11.5. The first kappa shape index (κ1) is 20.0. The molecule has 0 aliphatic carbocycles. The molecule has 170 valence electrons. The predicted molar refractivity (Wildman–Crippen MR) is 154 cm³/mol. The Morgan fingerprint density at radius 1 is 0.444 bits per heavy atom. The van der Waals surface area contributed by atoms with Crippen molar-refractivity contribution >= 4 is 64.6 Å². The third-order valence-corrected chi connectivity index (χ3v) is 8.23. The molecule has 0 heterocycles. The minimum Gasteiger partial charge on any atom is -0.388 e. The second-order valence-corrected chi connectivity index (χ2v) is 10.1. The molecule has 0 aliphatic rings. The average molecular weight is 461 g/mol. The Morgan fingerprint density at radius 3 is 1.50 bits per heavy atom. The first-order chi connectivity index (χ1) is 17.8. The Morgan fingerprint density at radius 2 is 0.889 bits per heavy atom. The summed E-state index contributed by atoms with van der Waals surface area (Å²) in [5.74, 6) is 0. The highest BCUT2D eigenvalue weighted by atomic mass is 16.3. The average Bonchev–Trinajstić information content (AvgIpc) is 2.93. The number of aryl methyl sites for hydroxylation is 1. The van der Waals surface area contributed by atoms with E-state index in [0.29, 0.717) is 6.42 Å². The molecule has 1 nitrogen and oxygen atoms in total. The molecule has 0 amide bonds. The Hall–Kier alpha value is -4.20. The van der Waals surface area contributed by atoms with E-state index in [0.717, 1.165) is 12.0 Å². The van der Waals surface area contributed by atoms with Crippen LogP contribution in [-0.2, 0) is 6.42 Å². The zero-order valence-corrected chi connectivity index (χ0v) is 19.8. The summed E-state index contributed by atoms with van der Waals surface area (Å²) in [4.78, 5) is 0. The smallest absolute Gasteiger partial charge is 0.0799 e. The standard InChI is InChI=1S/C35H24O/c36-31(29-18-14-27-12-10-23-4-2-6-25-15-19-30(29)35(27)33(23)25)20-16-21-7-8-26-11-9-22-3-1-5-24-13-17-28(21)34(26)32(22)24/h1-15,17-19,31,36H,16,20H2. The largest absolute Gasteiger partial charge is 0.388 e. The van der Waals surface area contributed by atoms with Crippen LogP contribution < -0.4 is 0 Å². The van der Waals surface area contributed by atoms with Crippen LogP contribution >= 0.6 is 0 Å². The molecule has 8 aromatic rings. The van der Waals surface area contributed by atoms with Crippen LogP contribution in [0, 0.1) is 0 Å². The van der Waals surface area contributed by atoms with Crippen molar-refractivity contribution in [3.8, 4) is 0 Å². The van der Waals surface area contributed by atoms with Crippen molar-refractivity contribution in [2.75, 3.05) is 0 Å². The molecule has 0 fully saturated rings. The Labute approximate surface area is 208 Å².